The van der Waals surface area contributed by atoms with Gasteiger partial charge < -0.3 is 25.4 Å². The van der Waals surface area contributed by atoms with Crippen LogP contribution in [0.25, 0.3) is 10.9 Å². The van der Waals surface area contributed by atoms with Crippen molar-refractivity contribution < 1.29 is 19.1 Å². The number of fused-ring (bicyclic) bond motifs is 1. The molecular weight excluding hydrogens is 580 g/mol. The Morgan fingerprint density at radius 1 is 1.18 bits per heavy atom. The van der Waals surface area contributed by atoms with Crippen LogP contribution in [0.15, 0.2) is 59.9 Å². The second-order valence-corrected chi connectivity index (χ2v) is 11.3. The molecule has 4 aromatic rings. The third-order valence-electron chi connectivity index (χ3n) is 7.28. The van der Waals surface area contributed by atoms with E-state index in [1.54, 1.807) is 18.2 Å². The Kier molecular flexibility index (Phi) is 9.02. The highest BCUT2D eigenvalue weighted by atomic mass is 32.1. The van der Waals surface area contributed by atoms with Gasteiger partial charge in [-0.05, 0) is 43.4 Å². The lowest BCUT2D eigenvalue weighted by atomic mass is 10.0. The van der Waals surface area contributed by atoms with Crippen LogP contribution >= 0.6 is 11.3 Å². The molecule has 0 bridgehead atoms. The van der Waals surface area contributed by atoms with Crippen LogP contribution in [-0.4, -0.2) is 59.2 Å². The van der Waals surface area contributed by atoms with Gasteiger partial charge in [-0.2, -0.15) is 5.26 Å². The largest absolute Gasteiger partial charge is 0.487 e. The van der Waals surface area contributed by atoms with Gasteiger partial charge in [0.2, 0.25) is 11.9 Å². The van der Waals surface area contributed by atoms with Crippen molar-refractivity contribution in [1.29, 1.82) is 5.26 Å². The lowest BCUT2D eigenvalue weighted by Gasteiger charge is -2.19. The second kappa shape index (κ2) is 13.6. The van der Waals surface area contributed by atoms with Crippen molar-refractivity contribution in [3.05, 3.63) is 75.9 Å². The number of nitriles is 1. The molecule has 44 heavy (non-hydrogen) atoms. The molecule has 1 unspecified atom stereocenters. The van der Waals surface area contributed by atoms with E-state index in [0.29, 0.717) is 51.7 Å². The zero-order valence-corrected chi connectivity index (χ0v) is 24.6. The summed E-state index contributed by atoms with van der Waals surface area (Å²) in [5.41, 5.74) is 3.80. The normalized spacial score (nSPS) is 16.2. The minimum atomic E-state index is -0.290. The molecule has 1 atom stereocenters. The van der Waals surface area contributed by atoms with Gasteiger partial charge in [-0.15, -0.1) is 11.3 Å². The van der Waals surface area contributed by atoms with Crippen LogP contribution in [0.3, 0.4) is 0 Å². The van der Waals surface area contributed by atoms with Crippen LogP contribution in [0.1, 0.15) is 40.1 Å². The van der Waals surface area contributed by atoms with Crippen molar-refractivity contribution >= 4 is 51.4 Å². The maximum atomic E-state index is 12.8. The molecule has 3 aromatic heterocycles. The van der Waals surface area contributed by atoms with Crippen molar-refractivity contribution in [2.75, 3.05) is 36.9 Å². The number of amides is 2. The fourth-order valence-electron chi connectivity index (χ4n) is 5.00. The van der Waals surface area contributed by atoms with E-state index in [4.69, 9.17) is 9.47 Å². The summed E-state index contributed by atoms with van der Waals surface area (Å²) >= 11 is 1.32. The van der Waals surface area contributed by atoms with E-state index in [2.05, 4.69) is 42.3 Å². The lowest BCUT2D eigenvalue weighted by molar-refractivity contribution is -0.116. The highest BCUT2D eigenvalue weighted by Crippen LogP contribution is 2.34. The van der Waals surface area contributed by atoms with E-state index in [1.165, 1.54) is 29.9 Å². The SMILES string of the molecule is N#Cc1cnc2cc(OC3CCOC3)c(CNC(=O)C=C3CCNCC3)cc2c1Nc1cnc(NC(=O)c2cccs2)nc1. The quantitative estimate of drug-likeness (QED) is 0.203. The fraction of sp³-hybridized carbons (Fsp3) is 0.290. The minimum absolute atomic E-state index is 0.106. The smallest absolute Gasteiger partial charge is 0.268 e. The van der Waals surface area contributed by atoms with Crippen molar-refractivity contribution in [3.8, 4) is 11.8 Å². The molecule has 12 nitrogen and oxygen atoms in total. The van der Waals surface area contributed by atoms with E-state index in [-0.39, 0.29) is 30.4 Å². The van der Waals surface area contributed by atoms with Crippen LogP contribution in [0.5, 0.6) is 5.75 Å². The van der Waals surface area contributed by atoms with Gasteiger partial charge in [0.15, 0.2) is 0 Å². The van der Waals surface area contributed by atoms with Crippen molar-refractivity contribution in [3.63, 3.8) is 0 Å². The van der Waals surface area contributed by atoms with E-state index in [0.717, 1.165) is 43.5 Å². The third kappa shape index (κ3) is 7.00. The van der Waals surface area contributed by atoms with Crippen molar-refractivity contribution in [2.45, 2.75) is 31.9 Å². The van der Waals surface area contributed by atoms with E-state index in [9.17, 15) is 14.9 Å². The van der Waals surface area contributed by atoms with Crippen LogP contribution in [-0.2, 0) is 16.1 Å². The highest BCUT2D eigenvalue weighted by molar-refractivity contribution is 7.12. The Morgan fingerprint density at radius 3 is 2.75 bits per heavy atom. The fourth-order valence-corrected chi connectivity index (χ4v) is 5.62. The van der Waals surface area contributed by atoms with Gasteiger partial charge in [-0.25, -0.2) is 9.97 Å². The molecule has 13 heteroatoms. The molecule has 2 aliphatic heterocycles. The van der Waals surface area contributed by atoms with Gasteiger partial charge in [0.05, 0.1) is 52.9 Å². The van der Waals surface area contributed by atoms with Crippen LogP contribution in [0.4, 0.5) is 17.3 Å². The molecule has 6 rings (SSSR count). The van der Waals surface area contributed by atoms with Gasteiger partial charge in [0, 0.05) is 42.3 Å². The maximum Gasteiger partial charge on any atom is 0.268 e. The molecule has 4 N–H and O–H groups in total. The summed E-state index contributed by atoms with van der Waals surface area (Å²) in [6, 6.07) is 9.42. The number of hydrogen-bond acceptors (Lipinski definition) is 11. The molecule has 0 aliphatic carbocycles. The van der Waals surface area contributed by atoms with Crippen molar-refractivity contribution in [2.24, 2.45) is 0 Å². The maximum absolute atomic E-state index is 12.8. The zero-order chi connectivity index (χ0) is 30.3. The Morgan fingerprint density at radius 2 is 2.02 bits per heavy atom. The Hall–Kier alpha value is -4.90. The number of piperidine rings is 1. The van der Waals surface area contributed by atoms with Gasteiger partial charge in [0.1, 0.15) is 17.9 Å². The molecule has 5 heterocycles. The summed E-state index contributed by atoms with van der Waals surface area (Å²) < 4.78 is 11.8. The number of nitrogens with one attached hydrogen (secondary N) is 4. The molecule has 2 amide bonds. The topological polar surface area (TPSA) is 163 Å². The summed E-state index contributed by atoms with van der Waals surface area (Å²) in [6.45, 7) is 3.07. The second-order valence-electron chi connectivity index (χ2n) is 10.4. The average Bonchev–Trinajstić information content (AvgIpc) is 3.77. The summed E-state index contributed by atoms with van der Waals surface area (Å²) in [5, 5.41) is 24.6. The van der Waals surface area contributed by atoms with E-state index in [1.807, 2.05) is 17.5 Å². The van der Waals surface area contributed by atoms with E-state index < -0.39 is 0 Å². The Labute approximate surface area is 257 Å². The van der Waals surface area contributed by atoms with Gasteiger partial charge in [0.25, 0.3) is 5.91 Å². The van der Waals surface area contributed by atoms with Gasteiger partial charge >= 0.3 is 0 Å². The molecular formula is C31H30N8O4S. The third-order valence-corrected chi connectivity index (χ3v) is 8.15. The first-order chi connectivity index (χ1) is 21.6. The molecule has 2 saturated heterocycles. The number of carbonyl (C=O) groups excluding carboxylic acids is 2. The summed E-state index contributed by atoms with van der Waals surface area (Å²) in [5.74, 6) is 0.300. The molecule has 0 spiro atoms. The monoisotopic (exact) mass is 610 g/mol. The van der Waals surface area contributed by atoms with Crippen LogP contribution in [0, 0.1) is 11.3 Å². The number of thiophene rings is 1. The minimum Gasteiger partial charge on any atom is -0.487 e. The highest BCUT2D eigenvalue weighted by Gasteiger charge is 2.21. The first-order valence-corrected chi connectivity index (χ1v) is 15.2. The van der Waals surface area contributed by atoms with Gasteiger partial charge in [-0.3, -0.25) is 19.9 Å². The predicted octanol–water partition coefficient (Wildman–Crippen LogP) is 4.05. The Bertz CT molecular complexity index is 1720. The Balaban J connectivity index is 1.27. The van der Waals surface area contributed by atoms with Crippen LogP contribution in [0.2, 0.25) is 0 Å². The van der Waals surface area contributed by atoms with Gasteiger partial charge in [-0.1, -0.05) is 11.6 Å². The lowest BCUT2D eigenvalue weighted by Crippen LogP contribution is -2.26. The number of rotatable bonds is 9. The van der Waals surface area contributed by atoms with Crippen molar-refractivity contribution in [1.82, 2.24) is 25.6 Å². The van der Waals surface area contributed by atoms with E-state index >= 15 is 0 Å². The molecule has 0 saturated carbocycles. The number of anilines is 3. The van der Waals surface area contributed by atoms with Crippen LogP contribution < -0.4 is 26.0 Å². The zero-order valence-electron chi connectivity index (χ0n) is 23.8. The standard InChI is InChI=1S/C31H30N8O4S/c32-13-21-15-34-25-12-26(43-23-5-8-42-18-23)20(14-35-28(40)10-19-3-6-33-7-4-19)11-24(25)29(21)38-22-16-36-31(37-17-22)39-30(41)27-2-1-9-44-27/h1-2,9-12,15-17,23,33H,3-8,14,18H2,(H,34,38)(H,35,40)(H,36,37,39,41). The number of carbonyl (C=O) groups is 2. The first kappa shape index (κ1) is 29.2. The predicted molar refractivity (Wildman–Crippen MR) is 166 cm³/mol. The number of ether oxygens (including phenoxy) is 2. The number of pyridine rings is 1. The number of aromatic nitrogens is 3. The molecule has 2 fully saturated rings. The summed E-state index contributed by atoms with van der Waals surface area (Å²) in [6.07, 6.45) is 8.59. The summed E-state index contributed by atoms with van der Waals surface area (Å²) in [4.78, 5) is 38.7. The average molecular weight is 611 g/mol. The number of hydrogen-bond donors (Lipinski definition) is 4. The molecule has 1 aromatic carbocycles. The number of benzene rings is 1. The molecule has 0 radical (unpaired) electrons. The summed E-state index contributed by atoms with van der Waals surface area (Å²) in [7, 11) is 0. The number of nitrogens with zero attached hydrogens (tertiary/aromatic N) is 4. The molecule has 2 aliphatic rings. The molecule has 224 valence electrons. The first-order valence-electron chi connectivity index (χ1n) is 14.3.